The highest BCUT2D eigenvalue weighted by molar-refractivity contribution is 7.99. The molecule has 6 rings (SSSR count). The maximum Gasteiger partial charge on any atom is 0.335 e. The van der Waals surface area contributed by atoms with Crippen LogP contribution >= 0.6 is 11.8 Å². The smallest absolute Gasteiger partial charge is 0.335 e. The molecule has 1 aliphatic rings. The minimum absolute atomic E-state index is 0.0308. The van der Waals surface area contributed by atoms with Gasteiger partial charge in [-0.1, -0.05) is 78.9 Å². The average Bonchev–Trinajstić information content (AvgIpc) is 3.22. The maximum atomic E-state index is 12.6. The Labute approximate surface area is 325 Å². The predicted octanol–water partition coefficient (Wildman–Crippen LogP) is 8.28. The molecule has 6 N–H and O–H groups in total. The van der Waals surface area contributed by atoms with Crippen molar-refractivity contribution >= 4 is 40.9 Å². The first-order chi connectivity index (χ1) is 26.7. The molecule has 2 amide bonds. The van der Waals surface area contributed by atoms with Crippen LogP contribution in [-0.2, 0) is 32.2 Å². The molecule has 55 heavy (non-hydrogen) atoms. The molecule has 5 aromatic rings. The molecule has 0 aromatic heterocycles. The van der Waals surface area contributed by atoms with Gasteiger partial charge in [0.1, 0.15) is 0 Å². The van der Waals surface area contributed by atoms with Crippen molar-refractivity contribution in [3.63, 3.8) is 0 Å². The Morgan fingerprint density at radius 1 is 0.745 bits per heavy atom. The first-order valence-electron chi connectivity index (χ1n) is 18.3. The van der Waals surface area contributed by atoms with Gasteiger partial charge < -0.3 is 36.1 Å². The summed E-state index contributed by atoms with van der Waals surface area (Å²) in [7, 11) is 0. The molecule has 5 aromatic carbocycles. The number of carbonyl (C=O) groups excluding carboxylic acids is 2. The summed E-state index contributed by atoms with van der Waals surface area (Å²) in [5, 5.41) is 24.6. The van der Waals surface area contributed by atoms with Gasteiger partial charge in [-0.2, -0.15) is 0 Å². The molecular formula is C44H45N3O7S. The molecule has 1 aliphatic heterocycles. The highest BCUT2D eigenvalue weighted by atomic mass is 32.2. The monoisotopic (exact) mass is 759 g/mol. The standard InChI is InChI=1S/C44H45N3O7S/c45-38-8-1-2-9-39(38)47-42(50)11-4-3-10-41(49)46-26-30-6-5-7-35(24-30)31-16-18-34(19-17-31)44-53-36(28-55-37-22-20-33(21-23-37)43(51)52)25-40(54-44)32-14-12-29(27-48)13-15-32/h1-2,5-9,12-24,36,40,44,48H,3-4,10-11,25-28,45H2,(H,46,49)(H,47,50)(H,51,52). The van der Waals surface area contributed by atoms with E-state index in [2.05, 4.69) is 16.7 Å². The van der Waals surface area contributed by atoms with Crippen molar-refractivity contribution in [1.29, 1.82) is 0 Å². The fraction of sp³-hybridized carbons (Fsp3) is 0.250. The Hall–Kier alpha value is -5.46. The number of ether oxygens (including phenoxy) is 2. The summed E-state index contributed by atoms with van der Waals surface area (Å²) in [4.78, 5) is 37.1. The quantitative estimate of drug-likeness (QED) is 0.0379. The van der Waals surface area contributed by atoms with Gasteiger partial charge in [0, 0.05) is 42.0 Å². The number of hydrogen-bond donors (Lipinski definition) is 5. The van der Waals surface area contributed by atoms with Gasteiger partial charge in [0.25, 0.3) is 0 Å². The lowest BCUT2D eigenvalue weighted by Crippen LogP contribution is -2.31. The Balaban J connectivity index is 1.03. The van der Waals surface area contributed by atoms with Gasteiger partial charge in [-0.05, 0) is 83.1 Å². The van der Waals surface area contributed by atoms with E-state index in [0.717, 1.165) is 38.3 Å². The third-order valence-electron chi connectivity index (χ3n) is 9.38. The number of aliphatic hydroxyl groups is 1. The van der Waals surface area contributed by atoms with E-state index in [1.54, 1.807) is 36.0 Å². The minimum atomic E-state index is -0.955. The summed E-state index contributed by atoms with van der Waals surface area (Å²) in [6.07, 6.45) is 1.50. The number of carboxylic acids is 1. The topological polar surface area (TPSA) is 160 Å². The fourth-order valence-corrected chi connectivity index (χ4v) is 7.20. The van der Waals surface area contributed by atoms with Gasteiger partial charge in [-0.3, -0.25) is 9.59 Å². The molecule has 284 valence electrons. The molecular weight excluding hydrogens is 715 g/mol. The van der Waals surface area contributed by atoms with E-state index in [-0.39, 0.29) is 36.2 Å². The normalized spacial score (nSPS) is 16.6. The minimum Gasteiger partial charge on any atom is -0.478 e. The molecule has 11 heteroatoms. The molecule has 0 saturated carbocycles. The number of thioether (sulfide) groups is 1. The van der Waals surface area contributed by atoms with Crippen LogP contribution in [0, 0.1) is 0 Å². The fourth-order valence-electron chi connectivity index (χ4n) is 6.28. The van der Waals surface area contributed by atoms with Gasteiger partial charge in [0.15, 0.2) is 6.29 Å². The van der Waals surface area contributed by atoms with Crippen molar-refractivity contribution in [1.82, 2.24) is 5.32 Å². The van der Waals surface area contributed by atoms with Crippen molar-refractivity contribution in [2.24, 2.45) is 0 Å². The van der Waals surface area contributed by atoms with Gasteiger partial charge in [0.2, 0.25) is 11.8 Å². The van der Waals surface area contributed by atoms with Crippen molar-refractivity contribution < 1.29 is 34.1 Å². The molecule has 1 fully saturated rings. The highest BCUT2D eigenvalue weighted by Gasteiger charge is 2.32. The second kappa shape index (κ2) is 19.2. The van der Waals surface area contributed by atoms with Crippen LogP contribution in [0.25, 0.3) is 11.1 Å². The number of hydrogen-bond acceptors (Lipinski definition) is 8. The summed E-state index contributed by atoms with van der Waals surface area (Å²) >= 11 is 1.61. The number of nitrogens with two attached hydrogens (primary N) is 1. The number of amides is 2. The van der Waals surface area contributed by atoms with E-state index in [1.165, 1.54) is 0 Å². The first kappa shape index (κ1) is 39.2. The van der Waals surface area contributed by atoms with Crippen molar-refractivity contribution in [2.75, 3.05) is 16.8 Å². The lowest BCUT2D eigenvalue weighted by Gasteiger charge is -2.36. The third kappa shape index (κ3) is 11.3. The zero-order valence-electron chi connectivity index (χ0n) is 30.4. The summed E-state index contributed by atoms with van der Waals surface area (Å²) in [5.74, 6) is -0.492. The maximum absolute atomic E-state index is 12.6. The molecule has 0 spiro atoms. The van der Waals surface area contributed by atoms with Crippen LogP contribution in [0.3, 0.4) is 0 Å². The van der Waals surface area contributed by atoms with Crippen LogP contribution in [0.4, 0.5) is 11.4 Å². The number of aliphatic hydroxyl groups excluding tert-OH is 1. The average molecular weight is 760 g/mol. The van der Waals surface area contributed by atoms with E-state index < -0.39 is 12.3 Å². The van der Waals surface area contributed by atoms with Crippen molar-refractivity contribution in [3.8, 4) is 11.1 Å². The second-order valence-electron chi connectivity index (χ2n) is 13.4. The van der Waals surface area contributed by atoms with Gasteiger partial charge in [0.05, 0.1) is 35.8 Å². The SMILES string of the molecule is Nc1ccccc1NC(=O)CCCCC(=O)NCc1cccc(-c2ccc(C3OC(CSc4ccc(C(=O)O)cc4)CC(c4ccc(CO)cc4)O3)cc2)c1. The van der Waals surface area contributed by atoms with Crippen LogP contribution in [-0.4, -0.2) is 39.9 Å². The van der Waals surface area contributed by atoms with Crippen LogP contribution in [0.5, 0.6) is 0 Å². The molecule has 3 unspecified atom stereocenters. The number of nitrogen functional groups attached to an aromatic ring is 1. The van der Waals surface area contributed by atoms with E-state index in [0.29, 0.717) is 55.8 Å². The third-order valence-corrected chi connectivity index (χ3v) is 10.5. The molecule has 0 radical (unpaired) electrons. The van der Waals surface area contributed by atoms with Crippen LogP contribution < -0.4 is 16.4 Å². The Kier molecular flexibility index (Phi) is 13.7. The van der Waals surface area contributed by atoms with E-state index in [9.17, 15) is 24.6 Å². The predicted molar refractivity (Wildman–Crippen MR) is 214 cm³/mol. The first-order valence-corrected chi connectivity index (χ1v) is 19.3. The number of carboxylic acid groups (broad SMARTS) is 1. The van der Waals surface area contributed by atoms with E-state index >= 15 is 0 Å². The summed E-state index contributed by atoms with van der Waals surface area (Å²) in [5.41, 5.74) is 13.0. The Morgan fingerprint density at radius 2 is 1.45 bits per heavy atom. The molecule has 0 aliphatic carbocycles. The van der Waals surface area contributed by atoms with Crippen LogP contribution in [0.15, 0.2) is 126 Å². The number of rotatable bonds is 16. The number of anilines is 2. The van der Waals surface area contributed by atoms with Crippen LogP contribution in [0.2, 0.25) is 0 Å². The highest BCUT2D eigenvalue weighted by Crippen LogP contribution is 2.40. The largest absolute Gasteiger partial charge is 0.478 e. The van der Waals surface area contributed by atoms with E-state index in [1.807, 2.05) is 91.0 Å². The zero-order chi connectivity index (χ0) is 38.6. The molecule has 10 nitrogen and oxygen atoms in total. The lowest BCUT2D eigenvalue weighted by molar-refractivity contribution is -0.245. The number of para-hydroxylation sites is 2. The number of nitrogens with one attached hydrogen (secondary N) is 2. The molecule has 1 heterocycles. The molecule has 3 atom stereocenters. The van der Waals surface area contributed by atoms with Gasteiger partial charge in [-0.15, -0.1) is 11.8 Å². The molecule has 0 bridgehead atoms. The van der Waals surface area contributed by atoms with Gasteiger partial charge >= 0.3 is 5.97 Å². The number of unbranched alkanes of at least 4 members (excludes halogenated alkanes) is 1. The van der Waals surface area contributed by atoms with Crippen LogP contribution in [0.1, 0.15) is 77.1 Å². The summed E-state index contributed by atoms with van der Waals surface area (Å²) in [6.45, 7) is 0.364. The Morgan fingerprint density at radius 3 is 2.16 bits per heavy atom. The zero-order valence-corrected chi connectivity index (χ0v) is 31.2. The van der Waals surface area contributed by atoms with Crippen molar-refractivity contribution in [2.45, 2.75) is 68.6 Å². The molecule has 1 saturated heterocycles. The Bertz CT molecular complexity index is 2060. The summed E-state index contributed by atoms with van der Waals surface area (Å²) in [6, 6.07) is 37.9. The second-order valence-corrected chi connectivity index (χ2v) is 14.5. The number of carbonyl (C=O) groups is 3. The van der Waals surface area contributed by atoms with E-state index in [4.69, 9.17) is 15.2 Å². The lowest BCUT2D eigenvalue weighted by atomic mass is 9.99. The summed E-state index contributed by atoms with van der Waals surface area (Å²) < 4.78 is 13.0. The van der Waals surface area contributed by atoms with Crippen molar-refractivity contribution in [3.05, 3.63) is 149 Å². The number of aromatic carboxylic acids is 1. The van der Waals surface area contributed by atoms with Gasteiger partial charge in [-0.25, -0.2) is 4.79 Å². The number of benzene rings is 5.